The summed E-state index contributed by atoms with van der Waals surface area (Å²) in [4.78, 5) is 10.6. The third-order valence-corrected chi connectivity index (χ3v) is 6.20. The van der Waals surface area contributed by atoms with Gasteiger partial charge in [-0.2, -0.15) is 0 Å². The van der Waals surface area contributed by atoms with E-state index in [1.807, 2.05) is 0 Å². The lowest BCUT2D eigenvalue weighted by Gasteiger charge is -2.53. The van der Waals surface area contributed by atoms with Crippen molar-refractivity contribution in [3.63, 3.8) is 0 Å². The van der Waals surface area contributed by atoms with Gasteiger partial charge < -0.3 is 19.3 Å². The van der Waals surface area contributed by atoms with Crippen LogP contribution < -0.4 is 4.74 Å². The third kappa shape index (κ3) is 4.47. The Balaban J connectivity index is 1.45. The van der Waals surface area contributed by atoms with Crippen molar-refractivity contribution in [3.8, 4) is 11.5 Å². The zero-order valence-electron chi connectivity index (χ0n) is 16.5. The van der Waals surface area contributed by atoms with Crippen LogP contribution in [0.15, 0.2) is 42.5 Å². The van der Waals surface area contributed by atoms with E-state index in [2.05, 4.69) is 0 Å². The number of benzene rings is 2. The molecule has 160 valence electrons. The van der Waals surface area contributed by atoms with Crippen LogP contribution in [0.25, 0.3) is 0 Å². The van der Waals surface area contributed by atoms with Gasteiger partial charge >= 0.3 is 5.97 Å². The van der Waals surface area contributed by atoms with Crippen LogP contribution in [0, 0.1) is 17.0 Å². The standard InChI is InChI=1S/C23H24F2O5/c24-17-2-1-3-19(12-17)30-20-11-16(10-18(25)13-20)23-6-4-22(5-7-23,15-29-23)8-9-28-14-21(26)27/h1-3,10-13H,4-9,14-15H2,(H,26,27). The first-order valence-electron chi connectivity index (χ1n) is 10.1. The van der Waals surface area contributed by atoms with Crippen molar-refractivity contribution in [2.75, 3.05) is 19.8 Å². The first-order valence-corrected chi connectivity index (χ1v) is 10.1. The van der Waals surface area contributed by atoms with Gasteiger partial charge in [-0.15, -0.1) is 0 Å². The van der Waals surface area contributed by atoms with E-state index in [1.54, 1.807) is 12.1 Å². The molecule has 2 bridgehead atoms. The Hall–Kier alpha value is -2.51. The minimum atomic E-state index is -0.975. The number of aliphatic carboxylic acids is 1. The van der Waals surface area contributed by atoms with E-state index >= 15 is 0 Å². The average molecular weight is 418 g/mol. The Morgan fingerprint density at radius 3 is 2.47 bits per heavy atom. The number of halogens is 2. The number of hydrogen-bond donors (Lipinski definition) is 1. The molecular weight excluding hydrogens is 394 g/mol. The lowest BCUT2D eigenvalue weighted by molar-refractivity contribution is -0.194. The fourth-order valence-electron chi connectivity index (χ4n) is 4.46. The summed E-state index contributed by atoms with van der Waals surface area (Å²) in [6, 6.07) is 10.2. The van der Waals surface area contributed by atoms with Crippen LogP contribution in [-0.4, -0.2) is 30.9 Å². The predicted molar refractivity (Wildman–Crippen MR) is 104 cm³/mol. The summed E-state index contributed by atoms with van der Waals surface area (Å²) in [5, 5.41) is 8.68. The molecule has 2 saturated heterocycles. The van der Waals surface area contributed by atoms with E-state index in [0.717, 1.165) is 37.7 Å². The highest BCUT2D eigenvalue weighted by atomic mass is 19.1. The monoisotopic (exact) mass is 418 g/mol. The van der Waals surface area contributed by atoms with E-state index in [0.29, 0.717) is 24.7 Å². The highest BCUT2D eigenvalue weighted by molar-refractivity contribution is 5.67. The average Bonchev–Trinajstić information content (AvgIpc) is 2.72. The summed E-state index contributed by atoms with van der Waals surface area (Å²) < 4.78 is 44.9. The van der Waals surface area contributed by atoms with E-state index in [9.17, 15) is 13.6 Å². The Kier molecular flexibility index (Phi) is 5.75. The van der Waals surface area contributed by atoms with Crippen molar-refractivity contribution in [1.82, 2.24) is 0 Å². The van der Waals surface area contributed by atoms with Gasteiger partial charge in [0, 0.05) is 18.7 Å². The van der Waals surface area contributed by atoms with Crippen molar-refractivity contribution in [1.29, 1.82) is 0 Å². The molecule has 3 aliphatic rings. The maximum atomic E-state index is 14.4. The SMILES string of the molecule is O=C(O)COCCC12CCC(c3cc(F)cc(Oc4cccc(F)c4)c3)(CC1)OC2. The fourth-order valence-corrected chi connectivity index (χ4v) is 4.46. The second-order valence-electron chi connectivity index (χ2n) is 8.21. The molecule has 2 aromatic rings. The van der Waals surface area contributed by atoms with Crippen molar-refractivity contribution in [3.05, 3.63) is 59.7 Å². The molecule has 7 heteroatoms. The number of hydrogen-bond acceptors (Lipinski definition) is 4. The van der Waals surface area contributed by atoms with Crippen LogP contribution in [0.5, 0.6) is 11.5 Å². The summed E-state index contributed by atoms with van der Waals surface area (Å²) in [6.07, 6.45) is 4.04. The number of rotatable bonds is 8. The highest BCUT2D eigenvalue weighted by Crippen LogP contribution is 2.55. The third-order valence-electron chi connectivity index (χ3n) is 6.20. The maximum absolute atomic E-state index is 14.4. The molecule has 0 spiro atoms. The van der Waals surface area contributed by atoms with E-state index < -0.39 is 23.2 Å². The first-order chi connectivity index (χ1) is 14.4. The molecule has 2 aromatic carbocycles. The van der Waals surface area contributed by atoms with Crippen molar-refractivity contribution in [2.24, 2.45) is 5.41 Å². The smallest absolute Gasteiger partial charge is 0.329 e. The van der Waals surface area contributed by atoms with Gasteiger partial charge in [0.1, 0.15) is 29.7 Å². The quantitative estimate of drug-likeness (QED) is 0.609. The first kappa shape index (κ1) is 20.8. The van der Waals surface area contributed by atoms with Gasteiger partial charge in [0.25, 0.3) is 0 Å². The lowest BCUT2D eigenvalue weighted by Crippen LogP contribution is -2.49. The van der Waals surface area contributed by atoms with Crippen LogP contribution in [0.1, 0.15) is 37.7 Å². The molecule has 30 heavy (non-hydrogen) atoms. The summed E-state index contributed by atoms with van der Waals surface area (Å²) >= 11 is 0. The second-order valence-corrected chi connectivity index (χ2v) is 8.21. The molecule has 0 aromatic heterocycles. The molecule has 5 nitrogen and oxygen atoms in total. The van der Waals surface area contributed by atoms with Gasteiger partial charge in [0.05, 0.1) is 12.2 Å². The van der Waals surface area contributed by atoms with Gasteiger partial charge in [0.15, 0.2) is 0 Å². The second kappa shape index (κ2) is 8.32. The number of ether oxygens (including phenoxy) is 3. The van der Waals surface area contributed by atoms with E-state index in [1.165, 1.54) is 30.3 Å². The van der Waals surface area contributed by atoms with Crippen LogP contribution in [0.4, 0.5) is 8.78 Å². The molecule has 1 aliphatic carbocycles. The molecule has 0 unspecified atom stereocenters. The molecular formula is C23H24F2O5. The van der Waals surface area contributed by atoms with E-state index in [4.69, 9.17) is 19.3 Å². The van der Waals surface area contributed by atoms with Crippen molar-refractivity contribution in [2.45, 2.75) is 37.7 Å². The van der Waals surface area contributed by atoms with Crippen molar-refractivity contribution >= 4 is 5.97 Å². The summed E-state index contributed by atoms with van der Waals surface area (Å²) in [6.45, 7) is 0.618. The lowest BCUT2D eigenvalue weighted by atomic mass is 9.63. The molecule has 2 aliphatic heterocycles. The summed E-state index contributed by atoms with van der Waals surface area (Å²) in [5.41, 5.74) is 0.143. The minimum absolute atomic E-state index is 0.0194. The van der Waals surface area contributed by atoms with Crippen LogP contribution in [0.3, 0.4) is 0 Å². The molecule has 1 saturated carbocycles. The van der Waals surface area contributed by atoms with Gasteiger partial charge in [-0.05, 0) is 67.3 Å². The number of carboxylic acid groups (broad SMARTS) is 1. The number of carboxylic acids is 1. The molecule has 3 fully saturated rings. The van der Waals surface area contributed by atoms with Gasteiger partial charge in [0.2, 0.25) is 0 Å². The highest BCUT2D eigenvalue weighted by Gasteiger charge is 2.50. The minimum Gasteiger partial charge on any atom is -0.480 e. The number of carbonyl (C=O) groups is 1. The molecule has 0 atom stereocenters. The molecule has 2 heterocycles. The maximum Gasteiger partial charge on any atom is 0.329 e. The largest absolute Gasteiger partial charge is 0.480 e. The Morgan fingerprint density at radius 2 is 1.80 bits per heavy atom. The van der Waals surface area contributed by atoms with Gasteiger partial charge in [-0.25, -0.2) is 13.6 Å². The number of fused-ring (bicyclic) bond motifs is 3. The van der Waals surface area contributed by atoms with Crippen LogP contribution in [0.2, 0.25) is 0 Å². The topological polar surface area (TPSA) is 65.0 Å². The Bertz CT molecular complexity index is 905. The molecule has 1 N–H and O–H groups in total. The van der Waals surface area contributed by atoms with Gasteiger partial charge in [-0.1, -0.05) is 6.07 Å². The summed E-state index contributed by atoms with van der Waals surface area (Å²) in [5.74, 6) is -1.22. The molecule has 0 radical (unpaired) electrons. The Labute approximate surface area is 173 Å². The molecule has 5 rings (SSSR count). The molecule has 0 amide bonds. The summed E-state index contributed by atoms with van der Waals surface area (Å²) in [7, 11) is 0. The predicted octanol–water partition coefficient (Wildman–Crippen LogP) is 5.03. The zero-order chi connectivity index (χ0) is 21.2. The Morgan fingerprint density at radius 1 is 1.03 bits per heavy atom. The fraction of sp³-hybridized carbons (Fsp3) is 0.435. The van der Waals surface area contributed by atoms with E-state index in [-0.39, 0.29) is 12.0 Å². The van der Waals surface area contributed by atoms with Crippen LogP contribution in [-0.2, 0) is 19.9 Å². The zero-order valence-corrected chi connectivity index (χ0v) is 16.5. The van der Waals surface area contributed by atoms with Gasteiger partial charge in [-0.3, -0.25) is 0 Å². The van der Waals surface area contributed by atoms with Crippen LogP contribution >= 0.6 is 0 Å². The van der Waals surface area contributed by atoms with Crippen molar-refractivity contribution < 1.29 is 32.9 Å². The normalized spacial score (nSPS) is 25.3.